The summed E-state index contributed by atoms with van der Waals surface area (Å²) in [5.74, 6) is -0.455. The van der Waals surface area contributed by atoms with E-state index in [2.05, 4.69) is 0 Å². The average molecular weight is 358 g/mol. The van der Waals surface area contributed by atoms with Gasteiger partial charge in [0.05, 0.1) is 10.5 Å². The zero-order valence-electron chi connectivity index (χ0n) is 13.2. The van der Waals surface area contributed by atoms with Gasteiger partial charge in [-0.25, -0.2) is 0 Å². The third-order valence-corrected chi connectivity index (χ3v) is 5.01. The Labute approximate surface area is 150 Å². The minimum absolute atomic E-state index is 0.222. The Balaban J connectivity index is 2.06. The molecule has 5 heteroatoms. The highest BCUT2D eigenvalue weighted by molar-refractivity contribution is 8.04. The van der Waals surface area contributed by atoms with Crippen molar-refractivity contribution in [3.8, 4) is 0 Å². The van der Waals surface area contributed by atoms with Crippen LogP contribution in [0.3, 0.4) is 0 Å². The number of rotatable bonds is 5. The van der Waals surface area contributed by atoms with Crippen molar-refractivity contribution in [2.24, 2.45) is 0 Å². The first-order valence-electron chi connectivity index (χ1n) is 7.71. The van der Waals surface area contributed by atoms with Crippen molar-refractivity contribution in [2.75, 3.05) is 6.54 Å². The van der Waals surface area contributed by atoms with Gasteiger partial charge < -0.3 is 0 Å². The lowest BCUT2D eigenvalue weighted by Gasteiger charge is -2.13. The predicted molar refractivity (Wildman–Crippen MR) is 97.7 cm³/mol. The maximum Gasteiger partial charge on any atom is 0.268 e. The molecule has 2 aromatic carbocycles. The second-order valence-corrected chi connectivity index (χ2v) is 6.91. The highest BCUT2D eigenvalue weighted by atomic mass is 35.5. The maximum absolute atomic E-state index is 12.8. The number of amides is 2. The molecule has 0 bridgehead atoms. The Morgan fingerprint density at radius 2 is 1.62 bits per heavy atom. The molecule has 0 atom stereocenters. The Morgan fingerprint density at radius 3 is 2.25 bits per heavy atom. The van der Waals surface area contributed by atoms with E-state index >= 15 is 0 Å². The molecule has 0 saturated carbocycles. The summed E-state index contributed by atoms with van der Waals surface area (Å²) in [6.07, 6.45) is 0.731. The van der Waals surface area contributed by atoms with E-state index in [-0.39, 0.29) is 11.8 Å². The Bertz CT molecular complexity index is 800. The van der Waals surface area contributed by atoms with Crippen molar-refractivity contribution in [1.29, 1.82) is 0 Å². The van der Waals surface area contributed by atoms with E-state index in [4.69, 9.17) is 11.6 Å². The largest absolute Gasteiger partial charge is 0.274 e. The molecule has 1 aliphatic heterocycles. The van der Waals surface area contributed by atoms with Crippen LogP contribution < -0.4 is 0 Å². The first-order chi connectivity index (χ1) is 11.6. The minimum Gasteiger partial charge on any atom is -0.274 e. The lowest BCUT2D eigenvalue weighted by atomic mass is 10.1. The van der Waals surface area contributed by atoms with Gasteiger partial charge in [0.1, 0.15) is 0 Å². The topological polar surface area (TPSA) is 37.4 Å². The predicted octanol–water partition coefficient (Wildman–Crippen LogP) is 4.62. The number of halogens is 1. The number of hydrogen-bond donors (Lipinski definition) is 0. The highest BCUT2D eigenvalue weighted by Crippen LogP contribution is 2.39. The molecule has 0 saturated heterocycles. The molecule has 0 N–H and O–H groups in total. The SMILES string of the molecule is CCCN1C(=O)C(Sc2ccccc2)=C(c2ccc(Cl)cc2)C1=O. The van der Waals surface area contributed by atoms with Crippen LogP contribution in [0.15, 0.2) is 64.4 Å². The molecule has 3 nitrogen and oxygen atoms in total. The summed E-state index contributed by atoms with van der Waals surface area (Å²) in [5, 5.41) is 0.596. The summed E-state index contributed by atoms with van der Waals surface area (Å²) >= 11 is 7.28. The number of carbonyl (C=O) groups excluding carboxylic acids is 2. The minimum atomic E-state index is -0.234. The van der Waals surface area contributed by atoms with Gasteiger partial charge in [-0.1, -0.05) is 60.6 Å². The molecule has 0 radical (unpaired) electrons. The summed E-state index contributed by atoms with van der Waals surface area (Å²) in [6, 6.07) is 16.6. The van der Waals surface area contributed by atoms with Crippen molar-refractivity contribution in [1.82, 2.24) is 4.90 Å². The fraction of sp³-hybridized carbons (Fsp3) is 0.158. The van der Waals surface area contributed by atoms with Crippen LogP contribution in [0.4, 0.5) is 0 Å². The van der Waals surface area contributed by atoms with E-state index in [1.807, 2.05) is 37.3 Å². The van der Waals surface area contributed by atoms with Gasteiger partial charge in [-0.3, -0.25) is 14.5 Å². The molecule has 0 aliphatic carbocycles. The van der Waals surface area contributed by atoms with Gasteiger partial charge in [-0.05, 0) is 36.2 Å². The van der Waals surface area contributed by atoms with Crippen LogP contribution in [0.25, 0.3) is 5.57 Å². The van der Waals surface area contributed by atoms with Crippen LogP contribution in [-0.4, -0.2) is 23.3 Å². The van der Waals surface area contributed by atoms with Gasteiger partial charge in [0.25, 0.3) is 11.8 Å². The smallest absolute Gasteiger partial charge is 0.268 e. The first kappa shape index (κ1) is 16.8. The van der Waals surface area contributed by atoms with Crippen LogP contribution in [0.1, 0.15) is 18.9 Å². The molecule has 0 aromatic heterocycles. The zero-order chi connectivity index (χ0) is 17.1. The standard InChI is InChI=1S/C19H16ClNO2S/c1-2-12-21-18(22)16(13-8-10-14(20)11-9-13)17(19(21)23)24-15-6-4-3-5-7-15/h3-11H,2,12H2,1H3. The Kier molecular flexibility index (Phi) is 5.07. The third kappa shape index (κ3) is 3.25. The van der Waals surface area contributed by atoms with Crippen molar-refractivity contribution < 1.29 is 9.59 Å². The summed E-state index contributed by atoms with van der Waals surface area (Å²) in [7, 11) is 0. The molecule has 24 heavy (non-hydrogen) atoms. The summed E-state index contributed by atoms with van der Waals surface area (Å²) in [4.78, 5) is 28.3. The van der Waals surface area contributed by atoms with Crippen molar-refractivity contribution in [2.45, 2.75) is 18.2 Å². The third-order valence-electron chi connectivity index (χ3n) is 3.67. The highest BCUT2D eigenvalue weighted by Gasteiger charge is 2.38. The van der Waals surface area contributed by atoms with E-state index in [0.717, 1.165) is 16.9 Å². The van der Waals surface area contributed by atoms with E-state index in [0.29, 0.717) is 22.0 Å². The van der Waals surface area contributed by atoms with E-state index in [9.17, 15) is 9.59 Å². The normalized spacial score (nSPS) is 14.7. The van der Waals surface area contributed by atoms with Crippen LogP contribution in [0.5, 0.6) is 0 Å². The van der Waals surface area contributed by atoms with Gasteiger partial charge in [-0.2, -0.15) is 0 Å². The molecule has 122 valence electrons. The Morgan fingerprint density at radius 1 is 0.958 bits per heavy atom. The molecule has 1 aliphatic rings. The maximum atomic E-state index is 12.8. The number of imide groups is 1. The summed E-state index contributed by atoms with van der Waals surface area (Å²) < 4.78 is 0. The number of carbonyl (C=O) groups is 2. The summed E-state index contributed by atoms with van der Waals surface area (Å²) in [5.41, 5.74) is 1.17. The van der Waals surface area contributed by atoms with Crippen LogP contribution in [0, 0.1) is 0 Å². The number of benzene rings is 2. The quantitative estimate of drug-likeness (QED) is 0.732. The number of hydrogen-bond acceptors (Lipinski definition) is 3. The Hall–Kier alpha value is -2.04. The van der Waals surface area contributed by atoms with Crippen molar-refractivity contribution >= 4 is 40.8 Å². The molecule has 1 heterocycles. The number of nitrogens with zero attached hydrogens (tertiary/aromatic N) is 1. The van der Waals surface area contributed by atoms with E-state index < -0.39 is 0 Å². The second-order valence-electron chi connectivity index (χ2n) is 5.39. The van der Waals surface area contributed by atoms with Crippen LogP contribution >= 0.6 is 23.4 Å². The van der Waals surface area contributed by atoms with Gasteiger partial charge >= 0.3 is 0 Å². The lowest BCUT2D eigenvalue weighted by molar-refractivity contribution is -0.136. The second kappa shape index (κ2) is 7.24. The molecule has 2 amide bonds. The molecule has 2 aromatic rings. The number of thioether (sulfide) groups is 1. The molecule has 0 unspecified atom stereocenters. The molecule has 0 fully saturated rings. The fourth-order valence-electron chi connectivity index (χ4n) is 2.55. The zero-order valence-corrected chi connectivity index (χ0v) is 14.7. The fourth-order valence-corrected chi connectivity index (χ4v) is 3.71. The molecular formula is C19H16ClNO2S. The van der Waals surface area contributed by atoms with Crippen LogP contribution in [-0.2, 0) is 9.59 Å². The van der Waals surface area contributed by atoms with Gasteiger partial charge in [0.15, 0.2) is 0 Å². The van der Waals surface area contributed by atoms with Crippen molar-refractivity contribution in [3.63, 3.8) is 0 Å². The summed E-state index contributed by atoms with van der Waals surface area (Å²) in [6.45, 7) is 2.37. The molecule has 3 rings (SSSR count). The van der Waals surface area contributed by atoms with Crippen molar-refractivity contribution in [3.05, 3.63) is 70.1 Å². The van der Waals surface area contributed by atoms with Gasteiger partial charge in [0, 0.05) is 16.5 Å². The molecular weight excluding hydrogens is 342 g/mol. The average Bonchev–Trinajstić information content (AvgIpc) is 2.82. The first-order valence-corrected chi connectivity index (χ1v) is 8.90. The van der Waals surface area contributed by atoms with E-state index in [1.54, 1.807) is 24.3 Å². The van der Waals surface area contributed by atoms with E-state index in [1.165, 1.54) is 16.7 Å². The van der Waals surface area contributed by atoms with Crippen LogP contribution in [0.2, 0.25) is 5.02 Å². The van der Waals surface area contributed by atoms with Gasteiger partial charge in [0.2, 0.25) is 0 Å². The molecule has 0 spiro atoms. The van der Waals surface area contributed by atoms with Gasteiger partial charge in [-0.15, -0.1) is 0 Å². The monoisotopic (exact) mass is 357 g/mol. The lowest BCUT2D eigenvalue weighted by Crippen LogP contribution is -2.32.